The Bertz CT molecular complexity index is 399. The predicted octanol–water partition coefficient (Wildman–Crippen LogP) is 2.31. The Kier molecular flexibility index (Phi) is 4.37. The van der Waals surface area contributed by atoms with E-state index >= 15 is 0 Å². The molecule has 98 valence electrons. The SMILES string of the molecule is CC1CCCC1CNC(=O)c1ccc(CN)cc1. The number of rotatable bonds is 4. The van der Waals surface area contributed by atoms with E-state index in [1.165, 1.54) is 19.3 Å². The van der Waals surface area contributed by atoms with Gasteiger partial charge in [0.2, 0.25) is 0 Å². The molecule has 3 N–H and O–H groups in total. The van der Waals surface area contributed by atoms with Crippen LogP contribution >= 0.6 is 0 Å². The summed E-state index contributed by atoms with van der Waals surface area (Å²) in [4.78, 5) is 12.0. The summed E-state index contributed by atoms with van der Waals surface area (Å²) in [5.74, 6) is 1.42. The molecular formula is C15H22N2O. The van der Waals surface area contributed by atoms with Crippen molar-refractivity contribution in [2.24, 2.45) is 17.6 Å². The normalized spacial score (nSPS) is 23.0. The molecule has 2 atom stereocenters. The van der Waals surface area contributed by atoms with Crippen molar-refractivity contribution in [3.63, 3.8) is 0 Å². The van der Waals surface area contributed by atoms with E-state index in [9.17, 15) is 4.79 Å². The summed E-state index contributed by atoms with van der Waals surface area (Å²) >= 11 is 0. The van der Waals surface area contributed by atoms with Gasteiger partial charge in [0.15, 0.2) is 0 Å². The molecule has 3 heteroatoms. The van der Waals surface area contributed by atoms with Gasteiger partial charge in [-0.3, -0.25) is 4.79 Å². The standard InChI is InChI=1S/C15H22N2O/c1-11-3-2-4-14(11)10-17-15(18)13-7-5-12(9-16)6-8-13/h5-8,11,14H,2-4,9-10,16H2,1H3,(H,17,18). The van der Waals surface area contributed by atoms with Gasteiger partial charge in [-0.15, -0.1) is 0 Å². The summed E-state index contributed by atoms with van der Waals surface area (Å²) < 4.78 is 0. The van der Waals surface area contributed by atoms with Crippen LogP contribution in [0.25, 0.3) is 0 Å². The molecule has 0 saturated heterocycles. The Morgan fingerprint density at radius 3 is 2.61 bits per heavy atom. The zero-order valence-electron chi connectivity index (χ0n) is 11.0. The van der Waals surface area contributed by atoms with Crippen LogP contribution in [0.4, 0.5) is 0 Å². The summed E-state index contributed by atoms with van der Waals surface area (Å²) in [6.45, 7) is 3.60. The summed E-state index contributed by atoms with van der Waals surface area (Å²) in [6.07, 6.45) is 3.84. The van der Waals surface area contributed by atoms with Gasteiger partial charge in [0.1, 0.15) is 0 Å². The number of nitrogens with two attached hydrogens (primary N) is 1. The maximum Gasteiger partial charge on any atom is 0.251 e. The van der Waals surface area contributed by atoms with Crippen LogP contribution in [-0.4, -0.2) is 12.5 Å². The van der Waals surface area contributed by atoms with Gasteiger partial charge < -0.3 is 11.1 Å². The highest BCUT2D eigenvalue weighted by Crippen LogP contribution is 2.30. The molecule has 0 radical (unpaired) electrons. The van der Waals surface area contributed by atoms with Crippen molar-refractivity contribution in [2.45, 2.75) is 32.7 Å². The first kappa shape index (κ1) is 13.1. The van der Waals surface area contributed by atoms with Gasteiger partial charge in [0.25, 0.3) is 5.91 Å². The average Bonchev–Trinajstić information content (AvgIpc) is 2.81. The molecule has 18 heavy (non-hydrogen) atoms. The Balaban J connectivity index is 1.87. The molecule has 1 saturated carbocycles. The minimum atomic E-state index is 0.0256. The molecule has 0 heterocycles. The number of amides is 1. The topological polar surface area (TPSA) is 55.1 Å². The van der Waals surface area contributed by atoms with Crippen molar-refractivity contribution in [1.82, 2.24) is 5.32 Å². The van der Waals surface area contributed by atoms with E-state index in [1.807, 2.05) is 24.3 Å². The lowest BCUT2D eigenvalue weighted by molar-refractivity contribution is 0.0944. The van der Waals surface area contributed by atoms with Crippen LogP contribution in [0.3, 0.4) is 0 Å². The van der Waals surface area contributed by atoms with E-state index in [2.05, 4.69) is 12.2 Å². The molecule has 1 aromatic rings. The van der Waals surface area contributed by atoms with Crippen LogP contribution in [-0.2, 0) is 6.54 Å². The molecule has 1 aromatic carbocycles. The highest BCUT2D eigenvalue weighted by molar-refractivity contribution is 5.94. The fraction of sp³-hybridized carbons (Fsp3) is 0.533. The molecule has 2 unspecified atom stereocenters. The average molecular weight is 246 g/mol. The molecule has 1 aliphatic carbocycles. The van der Waals surface area contributed by atoms with Crippen molar-refractivity contribution in [3.05, 3.63) is 35.4 Å². The quantitative estimate of drug-likeness (QED) is 0.856. The second kappa shape index (κ2) is 6.01. The van der Waals surface area contributed by atoms with Gasteiger partial charge in [-0.1, -0.05) is 31.9 Å². The third-order valence-electron chi connectivity index (χ3n) is 4.02. The zero-order chi connectivity index (χ0) is 13.0. The molecule has 2 rings (SSSR count). The number of carbonyl (C=O) groups is 1. The molecule has 0 bridgehead atoms. The number of nitrogens with one attached hydrogen (secondary N) is 1. The number of carbonyl (C=O) groups excluding carboxylic acids is 1. The van der Waals surface area contributed by atoms with Gasteiger partial charge in [-0.2, -0.15) is 0 Å². The highest BCUT2D eigenvalue weighted by Gasteiger charge is 2.23. The Morgan fingerprint density at radius 2 is 2.06 bits per heavy atom. The maximum absolute atomic E-state index is 12.0. The molecule has 0 spiro atoms. The molecule has 1 fully saturated rings. The predicted molar refractivity (Wildman–Crippen MR) is 73.2 cm³/mol. The number of hydrogen-bond acceptors (Lipinski definition) is 2. The van der Waals surface area contributed by atoms with Crippen LogP contribution in [0.5, 0.6) is 0 Å². The summed E-state index contributed by atoms with van der Waals surface area (Å²) in [6, 6.07) is 7.51. The van der Waals surface area contributed by atoms with E-state index in [0.717, 1.165) is 23.6 Å². The lowest BCUT2D eigenvalue weighted by Gasteiger charge is -2.15. The zero-order valence-corrected chi connectivity index (χ0v) is 11.0. The third-order valence-corrected chi connectivity index (χ3v) is 4.02. The monoisotopic (exact) mass is 246 g/mol. The van der Waals surface area contributed by atoms with Gasteiger partial charge in [0, 0.05) is 18.7 Å². The molecule has 1 amide bonds. The van der Waals surface area contributed by atoms with Crippen molar-refractivity contribution >= 4 is 5.91 Å². The van der Waals surface area contributed by atoms with Crippen LogP contribution in [0, 0.1) is 11.8 Å². The first-order valence-electron chi connectivity index (χ1n) is 6.78. The Hall–Kier alpha value is -1.35. The summed E-state index contributed by atoms with van der Waals surface area (Å²) in [5, 5.41) is 3.04. The van der Waals surface area contributed by atoms with Crippen molar-refractivity contribution in [1.29, 1.82) is 0 Å². The van der Waals surface area contributed by atoms with Gasteiger partial charge in [0.05, 0.1) is 0 Å². The summed E-state index contributed by atoms with van der Waals surface area (Å²) in [7, 11) is 0. The molecule has 3 nitrogen and oxygen atoms in total. The van der Waals surface area contributed by atoms with E-state index in [1.54, 1.807) is 0 Å². The van der Waals surface area contributed by atoms with Crippen molar-refractivity contribution in [3.8, 4) is 0 Å². The molecule has 0 aromatic heterocycles. The van der Waals surface area contributed by atoms with E-state index in [4.69, 9.17) is 5.73 Å². The van der Waals surface area contributed by atoms with E-state index in [0.29, 0.717) is 12.5 Å². The third kappa shape index (κ3) is 3.10. The van der Waals surface area contributed by atoms with Crippen molar-refractivity contribution in [2.75, 3.05) is 6.54 Å². The van der Waals surface area contributed by atoms with Crippen LogP contribution in [0.2, 0.25) is 0 Å². The van der Waals surface area contributed by atoms with E-state index in [-0.39, 0.29) is 5.91 Å². The van der Waals surface area contributed by atoms with Crippen molar-refractivity contribution < 1.29 is 4.79 Å². The summed E-state index contributed by atoms with van der Waals surface area (Å²) in [5.41, 5.74) is 7.30. The largest absolute Gasteiger partial charge is 0.352 e. The fourth-order valence-electron chi connectivity index (χ4n) is 2.64. The molecule has 1 aliphatic rings. The van der Waals surface area contributed by atoms with E-state index < -0.39 is 0 Å². The molecular weight excluding hydrogens is 224 g/mol. The minimum absolute atomic E-state index is 0.0256. The Morgan fingerprint density at radius 1 is 1.33 bits per heavy atom. The first-order chi connectivity index (χ1) is 8.70. The highest BCUT2D eigenvalue weighted by atomic mass is 16.1. The van der Waals surface area contributed by atoms with Crippen LogP contribution < -0.4 is 11.1 Å². The first-order valence-corrected chi connectivity index (χ1v) is 6.78. The maximum atomic E-state index is 12.0. The van der Waals surface area contributed by atoms with Gasteiger partial charge >= 0.3 is 0 Å². The lowest BCUT2D eigenvalue weighted by Crippen LogP contribution is -2.30. The molecule has 0 aliphatic heterocycles. The number of benzene rings is 1. The van der Waals surface area contributed by atoms with Gasteiger partial charge in [-0.25, -0.2) is 0 Å². The van der Waals surface area contributed by atoms with Crippen LogP contribution in [0.1, 0.15) is 42.1 Å². The second-order valence-electron chi connectivity index (χ2n) is 5.28. The van der Waals surface area contributed by atoms with Crippen LogP contribution in [0.15, 0.2) is 24.3 Å². The number of hydrogen-bond donors (Lipinski definition) is 2. The Labute approximate surface area is 109 Å². The fourth-order valence-corrected chi connectivity index (χ4v) is 2.64. The van der Waals surface area contributed by atoms with Gasteiger partial charge in [-0.05, 0) is 36.0 Å². The smallest absolute Gasteiger partial charge is 0.251 e. The second-order valence-corrected chi connectivity index (χ2v) is 5.28. The lowest BCUT2D eigenvalue weighted by atomic mass is 9.98. The minimum Gasteiger partial charge on any atom is -0.352 e.